The quantitative estimate of drug-likeness (QED) is 0.352. The Kier molecular flexibility index (Phi) is 6.21. The number of thioether (sulfide) groups is 1. The van der Waals surface area contributed by atoms with E-state index in [4.69, 9.17) is 11.6 Å². The Balaban J connectivity index is 2.91. The van der Waals surface area contributed by atoms with Crippen LogP contribution in [0.15, 0.2) is 12.7 Å². The molecule has 0 amide bonds. The second kappa shape index (κ2) is 6.17. The molecule has 0 aliphatic heterocycles. The van der Waals surface area contributed by atoms with Gasteiger partial charge in [-0.2, -0.15) is 11.8 Å². The van der Waals surface area contributed by atoms with Gasteiger partial charge in [0.25, 0.3) is 0 Å². The predicted octanol–water partition coefficient (Wildman–Crippen LogP) is 2.06. The minimum absolute atomic E-state index is 0.258. The summed E-state index contributed by atoms with van der Waals surface area (Å²) in [4.78, 5) is 10.1. The van der Waals surface area contributed by atoms with Gasteiger partial charge >= 0.3 is 0 Å². The van der Waals surface area contributed by atoms with E-state index in [-0.39, 0.29) is 5.24 Å². The molecule has 0 unspecified atom stereocenters. The fourth-order valence-electron chi connectivity index (χ4n) is 0.319. The molecule has 0 heterocycles. The Morgan fingerprint density at radius 3 is 2.89 bits per heavy atom. The number of hydrogen-bond acceptors (Lipinski definition) is 2. The van der Waals surface area contributed by atoms with Crippen LogP contribution in [0.2, 0.25) is 0 Å². The van der Waals surface area contributed by atoms with Crippen molar-refractivity contribution >= 4 is 28.6 Å². The largest absolute Gasteiger partial charge is 0.281 e. The van der Waals surface area contributed by atoms with Gasteiger partial charge in [-0.15, -0.1) is 6.58 Å². The summed E-state index contributed by atoms with van der Waals surface area (Å²) in [6.07, 6.45) is 2.27. The van der Waals surface area contributed by atoms with Crippen LogP contribution < -0.4 is 0 Å². The first-order chi connectivity index (χ1) is 4.27. The molecule has 0 atom stereocenters. The van der Waals surface area contributed by atoms with Crippen molar-refractivity contribution in [1.29, 1.82) is 0 Å². The third-order valence-corrected chi connectivity index (χ3v) is 1.83. The molecule has 0 spiro atoms. The Bertz CT molecular complexity index is 103. The Morgan fingerprint density at radius 1 is 1.78 bits per heavy atom. The number of hydrogen-bond donors (Lipinski definition) is 0. The highest BCUT2D eigenvalue weighted by Gasteiger charge is 1.93. The summed E-state index contributed by atoms with van der Waals surface area (Å²) in [5, 5.41) is -0.258. The lowest BCUT2D eigenvalue weighted by atomic mass is 10.6. The van der Waals surface area contributed by atoms with Crippen molar-refractivity contribution in [3.05, 3.63) is 12.7 Å². The van der Waals surface area contributed by atoms with Crippen LogP contribution in [0.4, 0.5) is 0 Å². The van der Waals surface area contributed by atoms with Crippen LogP contribution in [-0.2, 0) is 4.79 Å². The summed E-state index contributed by atoms with van der Waals surface area (Å²) in [6, 6.07) is 0. The van der Waals surface area contributed by atoms with Crippen LogP contribution in [0.3, 0.4) is 0 Å². The molecule has 0 rings (SSSR count). The van der Waals surface area contributed by atoms with Crippen LogP contribution in [0.1, 0.15) is 6.42 Å². The molecule has 1 nitrogen and oxygen atoms in total. The molecule has 52 valence electrons. The van der Waals surface area contributed by atoms with Crippen molar-refractivity contribution in [3.8, 4) is 0 Å². The molecule has 0 fully saturated rings. The van der Waals surface area contributed by atoms with Crippen molar-refractivity contribution in [1.82, 2.24) is 0 Å². The molecule has 0 aliphatic rings. The van der Waals surface area contributed by atoms with Gasteiger partial charge in [-0.05, 0) is 11.6 Å². The standard InChI is InChI=1S/C6H9ClOS/c1-2-4-9-5-3-6(7)8/h2H,1,3-5H2. The Labute approximate surface area is 64.5 Å². The predicted molar refractivity (Wildman–Crippen MR) is 43.0 cm³/mol. The van der Waals surface area contributed by atoms with Gasteiger partial charge in [0, 0.05) is 17.9 Å². The molecule has 0 aliphatic carbocycles. The third-order valence-electron chi connectivity index (χ3n) is 0.679. The van der Waals surface area contributed by atoms with Gasteiger partial charge < -0.3 is 0 Å². The van der Waals surface area contributed by atoms with Crippen LogP contribution in [0.25, 0.3) is 0 Å². The lowest BCUT2D eigenvalue weighted by Crippen LogP contribution is -1.88. The zero-order valence-electron chi connectivity index (χ0n) is 5.10. The lowest BCUT2D eigenvalue weighted by Gasteiger charge is -1.90. The number of carbonyl (C=O) groups is 1. The number of halogens is 1. The van der Waals surface area contributed by atoms with Gasteiger partial charge in [-0.3, -0.25) is 4.79 Å². The highest BCUT2D eigenvalue weighted by atomic mass is 35.5. The average molecular weight is 165 g/mol. The van der Waals surface area contributed by atoms with E-state index in [1.54, 1.807) is 11.8 Å². The zero-order valence-corrected chi connectivity index (χ0v) is 6.67. The van der Waals surface area contributed by atoms with E-state index >= 15 is 0 Å². The molecular weight excluding hydrogens is 156 g/mol. The first kappa shape index (κ1) is 9.05. The van der Waals surface area contributed by atoms with Gasteiger partial charge in [0.05, 0.1) is 0 Å². The monoisotopic (exact) mass is 164 g/mol. The van der Waals surface area contributed by atoms with Crippen molar-refractivity contribution in [2.75, 3.05) is 11.5 Å². The van der Waals surface area contributed by atoms with E-state index in [0.717, 1.165) is 11.5 Å². The topological polar surface area (TPSA) is 17.1 Å². The summed E-state index contributed by atoms with van der Waals surface area (Å²) in [6.45, 7) is 3.54. The molecule has 0 radical (unpaired) electrons. The van der Waals surface area contributed by atoms with Crippen molar-refractivity contribution < 1.29 is 4.79 Å². The van der Waals surface area contributed by atoms with Gasteiger partial charge in [0.2, 0.25) is 5.24 Å². The summed E-state index contributed by atoms with van der Waals surface area (Å²) in [7, 11) is 0. The summed E-state index contributed by atoms with van der Waals surface area (Å²) >= 11 is 6.74. The van der Waals surface area contributed by atoms with Crippen LogP contribution in [-0.4, -0.2) is 16.7 Å². The minimum Gasteiger partial charge on any atom is -0.281 e. The Morgan fingerprint density at radius 2 is 2.44 bits per heavy atom. The number of carbonyl (C=O) groups excluding carboxylic acids is 1. The van der Waals surface area contributed by atoms with Gasteiger partial charge in [-0.25, -0.2) is 0 Å². The molecule has 0 aromatic heterocycles. The van der Waals surface area contributed by atoms with Crippen molar-refractivity contribution in [3.63, 3.8) is 0 Å². The second-order valence-corrected chi connectivity index (χ2v) is 3.04. The van der Waals surface area contributed by atoms with Crippen molar-refractivity contribution in [2.24, 2.45) is 0 Å². The molecule has 0 aromatic rings. The van der Waals surface area contributed by atoms with E-state index in [9.17, 15) is 4.79 Å². The van der Waals surface area contributed by atoms with E-state index in [2.05, 4.69) is 6.58 Å². The zero-order chi connectivity index (χ0) is 7.11. The highest BCUT2D eigenvalue weighted by molar-refractivity contribution is 7.99. The van der Waals surface area contributed by atoms with Crippen LogP contribution in [0.5, 0.6) is 0 Å². The molecule has 0 saturated carbocycles. The number of rotatable bonds is 5. The Hall–Kier alpha value is 0.0500. The smallest absolute Gasteiger partial charge is 0.222 e. The highest BCUT2D eigenvalue weighted by Crippen LogP contribution is 2.03. The molecule has 0 N–H and O–H groups in total. The molecule has 3 heteroatoms. The fraction of sp³-hybridized carbons (Fsp3) is 0.500. The van der Waals surface area contributed by atoms with Crippen molar-refractivity contribution in [2.45, 2.75) is 6.42 Å². The van der Waals surface area contributed by atoms with Crippen LogP contribution in [0, 0.1) is 0 Å². The fourth-order valence-corrected chi connectivity index (χ4v) is 1.19. The normalized spacial score (nSPS) is 9.00. The minimum atomic E-state index is -0.258. The maximum absolute atomic E-state index is 10.1. The third kappa shape index (κ3) is 8.05. The molecule has 0 bridgehead atoms. The molecule has 9 heavy (non-hydrogen) atoms. The molecule has 0 saturated heterocycles. The lowest BCUT2D eigenvalue weighted by molar-refractivity contribution is -0.111. The van der Waals surface area contributed by atoms with Crippen LogP contribution >= 0.6 is 23.4 Å². The van der Waals surface area contributed by atoms with Gasteiger partial charge in [0.15, 0.2) is 0 Å². The maximum atomic E-state index is 10.1. The van der Waals surface area contributed by atoms with Gasteiger partial charge in [-0.1, -0.05) is 6.08 Å². The first-order valence-corrected chi connectivity index (χ1v) is 4.17. The molecular formula is C6H9ClOS. The summed E-state index contributed by atoms with van der Waals surface area (Å²) < 4.78 is 0. The average Bonchev–Trinajstić information content (AvgIpc) is 1.80. The summed E-state index contributed by atoms with van der Waals surface area (Å²) in [5.41, 5.74) is 0. The maximum Gasteiger partial charge on any atom is 0.222 e. The van der Waals surface area contributed by atoms with E-state index in [1.165, 1.54) is 0 Å². The molecule has 0 aromatic carbocycles. The van der Waals surface area contributed by atoms with E-state index < -0.39 is 0 Å². The van der Waals surface area contributed by atoms with E-state index in [1.807, 2.05) is 6.08 Å². The van der Waals surface area contributed by atoms with E-state index in [0.29, 0.717) is 6.42 Å². The second-order valence-electron chi connectivity index (χ2n) is 1.47. The first-order valence-electron chi connectivity index (χ1n) is 2.64. The summed E-state index contributed by atoms with van der Waals surface area (Å²) in [5.74, 6) is 1.69. The van der Waals surface area contributed by atoms with Gasteiger partial charge in [0.1, 0.15) is 0 Å². The SMILES string of the molecule is C=CCSCCC(=O)Cl.